The molecule has 3 heteroatoms. The molecule has 0 aromatic heterocycles. The fourth-order valence-corrected chi connectivity index (χ4v) is 3.18. The van der Waals surface area contributed by atoms with Gasteiger partial charge in [-0.15, -0.1) is 0 Å². The van der Waals surface area contributed by atoms with Crippen molar-refractivity contribution in [3.05, 3.63) is 58.6 Å². The third kappa shape index (κ3) is 4.27. The molecule has 0 unspecified atom stereocenters. The molecular weight excluding hydrogens is 286 g/mol. The van der Waals surface area contributed by atoms with Crippen molar-refractivity contribution in [3.8, 4) is 0 Å². The van der Waals surface area contributed by atoms with Gasteiger partial charge in [-0.3, -0.25) is 0 Å². The fourth-order valence-electron chi connectivity index (χ4n) is 1.87. The Morgan fingerprint density at radius 1 is 1.10 bits per heavy atom. The Kier molecular flexibility index (Phi) is 5.53. The van der Waals surface area contributed by atoms with Crippen LogP contribution in [-0.4, -0.2) is 6.04 Å². The van der Waals surface area contributed by atoms with Crippen molar-refractivity contribution in [2.45, 2.75) is 43.1 Å². The molecule has 1 nitrogen and oxygen atoms in total. The normalized spacial score (nSPS) is 11.1. The monoisotopic (exact) mass is 305 g/mol. The van der Waals surface area contributed by atoms with Gasteiger partial charge in [-0.05, 0) is 36.2 Å². The summed E-state index contributed by atoms with van der Waals surface area (Å²) in [4.78, 5) is 2.50. The summed E-state index contributed by atoms with van der Waals surface area (Å²) in [5.41, 5.74) is 2.58. The van der Waals surface area contributed by atoms with Gasteiger partial charge in [0.1, 0.15) is 0 Å². The predicted octanol–water partition coefficient (Wildman–Crippen LogP) is 5.30. The molecule has 0 aliphatic rings. The van der Waals surface area contributed by atoms with Crippen molar-refractivity contribution in [2.75, 3.05) is 0 Å². The van der Waals surface area contributed by atoms with Gasteiger partial charge < -0.3 is 5.32 Å². The molecule has 1 N–H and O–H groups in total. The lowest BCUT2D eigenvalue weighted by molar-refractivity contribution is 0.585. The summed E-state index contributed by atoms with van der Waals surface area (Å²) in [7, 11) is 0. The lowest BCUT2D eigenvalue weighted by atomic mass is 10.2. The molecule has 0 heterocycles. The molecule has 0 amide bonds. The van der Waals surface area contributed by atoms with Crippen LogP contribution in [0, 0.1) is 6.92 Å². The first-order valence-electron chi connectivity index (χ1n) is 6.81. The first-order chi connectivity index (χ1) is 9.56. The predicted molar refractivity (Wildman–Crippen MR) is 88.7 cm³/mol. The van der Waals surface area contributed by atoms with Gasteiger partial charge in [-0.2, -0.15) is 0 Å². The summed E-state index contributed by atoms with van der Waals surface area (Å²) < 4.78 is 0. The average molecular weight is 306 g/mol. The third-order valence-corrected chi connectivity index (χ3v) is 4.56. The van der Waals surface area contributed by atoms with E-state index in [4.69, 9.17) is 11.6 Å². The summed E-state index contributed by atoms with van der Waals surface area (Å²) in [6.45, 7) is 7.32. The number of halogens is 1. The summed E-state index contributed by atoms with van der Waals surface area (Å²) in [5.74, 6) is 0. The zero-order valence-corrected chi connectivity index (χ0v) is 13.7. The topological polar surface area (TPSA) is 12.0 Å². The SMILES string of the molecule is Cc1ccccc1Sc1cc(Cl)ccc1CNC(C)C. The smallest absolute Gasteiger partial charge is 0.0417 e. The maximum Gasteiger partial charge on any atom is 0.0417 e. The quantitative estimate of drug-likeness (QED) is 0.804. The summed E-state index contributed by atoms with van der Waals surface area (Å²) in [6.07, 6.45) is 0. The van der Waals surface area contributed by atoms with Crippen LogP contribution < -0.4 is 5.32 Å². The Morgan fingerprint density at radius 3 is 2.55 bits per heavy atom. The molecule has 0 saturated heterocycles. The lowest BCUT2D eigenvalue weighted by Crippen LogP contribution is -2.22. The van der Waals surface area contributed by atoms with Crippen molar-refractivity contribution in [3.63, 3.8) is 0 Å². The first-order valence-corrected chi connectivity index (χ1v) is 8.01. The van der Waals surface area contributed by atoms with E-state index in [2.05, 4.69) is 62.5 Å². The maximum atomic E-state index is 6.15. The number of rotatable bonds is 5. The second kappa shape index (κ2) is 7.16. The van der Waals surface area contributed by atoms with Gasteiger partial charge in [-0.25, -0.2) is 0 Å². The first kappa shape index (κ1) is 15.4. The van der Waals surface area contributed by atoms with Crippen LogP contribution in [-0.2, 0) is 6.54 Å². The molecule has 0 atom stereocenters. The number of hydrogen-bond donors (Lipinski definition) is 1. The molecule has 2 aromatic carbocycles. The van der Waals surface area contributed by atoms with Gasteiger partial charge in [0.25, 0.3) is 0 Å². The fraction of sp³-hybridized carbons (Fsp3) is 0.294. The molecule has 0 bridgehead atoms. The van der Waals surface area contributed by atoms with Crippen LogP contribution in [0.25, 0.3) is 0 Å². The van der Waals surface area contributed by atoms with Crippen molar-refractivity contribution < 1.29 is 0 Å². The summed E-state index contributed by atoms with van der Waals surface area (Å²) >= 11 is 7.93. The van der Waals surface area contributed by atoms with E-state index in [9.17, 15) is 0 Å². The van der Waals surface area contributed by atoms with Crippen molar-refractivity contribution in [1.82, 2.24) is 5.32 Å². The lowest BCUT2D eigenvalue weighted by Gasteiger charge is -2.13. The van der Waals surface area contributed by atoms with Gasteiger partial charge >= 0.3 is 0 Å². The van der Waals surface area contributed by atoms with E-state index in [0.717, 1.165) is 11.6 Å². The van der Waals surface area contributed by atoms with Gasteiger partial charge in [0.05, 0.1) is 0 Å². The van der Waals surface area contributed by atoms with Crippen LogP contribution in [0.5, 0.6) is 0 Å². The Hall–Kier alpha value is -0.960. The molecule has 2 rings (SSSR count). The molecular formula is C17H20ClNS. The Bertz CT molecular complexity index is 581. The highest BCUT2D eigenvalue weighted by atomic mass is 35.5. The van der Waals surface area contributed by atoms with E-state index in [1.807, 2.05) is 6.07 Å². The van der Waals surface area contributed by atoms with E-state index in [1.165, 1.54) is 20.9 Å². The Morgan fingerprint density at radius 2 is 1.85 bits per heavy atom. The second-order valence-electron chi connectivity index (χ2n) is 5.16. The number of nitrogens with one attached hydrogen (secondary N) is 1. The highest BCUT2D eigenvalue weighted by Crippen LogP contribution is 2.34. The van der Waals surface area contributed by atoms with Crippen molar-refractivity contribution >= 4 is 23.4 Å². The van der Waals surface area contributed by atoms with Gasteiger partial charge in [0, 0.05) is 27.4 Å². The maximum absolute atomic E-state index is 6.15. The average Bonchev–Trinajstić information content (AvgIpc) is 2.40. The molecule has 0 aliphatic carbocycles. The van der Waals surface area contributed by atoms with E-state index >= 15 is 0 Å². The highest BCUT2D eigenvalue weighted by molar-refractivity contribution is 7.99. The summed E-state index contributed by atoms with van der Waals surface area (Å²) in [6, 6.07) is 15.0. The van der Waals surface area contributed by atoms with Gasteiger partial charge in [0.15, 0.2) is 0 Å². The van der Waals surface area contributed by atoms with E-state index in [-0.39, 0.29) is 0 Å². The Balaban J connectivity index is 2.25. The zero-order valence-electron chi connectivity index (χ0n) is 12.1. The second-order valence-corrected chi connectivity index (χ2v) is 6.68. The van der Waals surface area contributed by atoms with Gasteiger partial charge in [0.2, 0.25) is 0 Å². The zero-order chi connectivity index (χ0) is 14.5. The molecule has 0 aliphatic heterocycles. The van der Waals surface area contributed by atoms with E-state index < -0.39 is 0 Å². The molecule has 20 heavy (non-hydrogen) atoms. The molecule has 106 valence electrons. The van der Waals surface area contributed by atoms with Crippen LogP contribution >= 0.6 is 23.4 Å². The number of hydrogen-bond acceptors (Lipinski definition) is 2. The van der Waals surface area contributed by atoms with Crippen LogP contribution in [0.2, 0.25) is 5.02 Å². The molecule has 0 radical (unpaired) electrons. The third-order valence-electron chi connectivity index (χ3n) is 3.04. The summed E-state index contributed by atoms with van der Waals surface area (Å²) in [5, 5.41) is 4.25. The van der Waals surface area contributed by atoms with Crippen LogP contribution in [0.3, 0.4) is 0 Å². The van der Waals surface area contributed by atoms with Crippen LogP contribution in [0.15, 0.2) is 52.3 Å². The number of benzene rings is 2. The molecule has 0 fully saturated rings. The highest BCUT2D eigenvalue weighted by Gasteiger charge is 2.07. The van der Waals surface area contributed by atoms with Crippen molar-refractivity contribution in [1.29, 1.82) is 0 Å². The minimum atomic E-state index is 0.474. The molecule has 0 saturated carbocycles. The Labute approximate surface area is 130 Å². The minimum absolute atomic E-state index is 0.474. The van der Waals surface area contributed by atoms with Crippen molar-refractivity contribution in [2.24, 2.45) is 0 Å². The number of aryl methyl sites for hydroxylation is 1. The van der Waals surface area contributed by atoms with Crippen LogP contribution in [0.1, 0.15) is 25.0 Å². The standard InChI is InChI=1S/C17H20ClNS/c1-12(2)19-11-14-8-9-15(18)10-17(14)20-16-7-5-4-6-13(16)3/h4-10,12,19H,11H2,1-3H3. The van der Waals surface area contributed by atoms with E-state index in [0.29, 0.717) is 6.04 Å². The van der Waals surface area contributed by atoms with Crippen LogP contribution in [0.4, 0.5) is 0 Å². The largest absolute Gasteiger partial charge is 0.310 e. The van der Waals surface area contributed by atoms with E-state index in [1.54, 1.807) is 11.8 Å². The molecule has 0 spiro atoms. The van der Waals surface area contributed by atoms with Gasteiger partial charge in [-0.1, -0.05) is 61.5 Å². The molecule has 2 aromatic rings. The minimum Gasteiger partial charge on any atom is -0.310 e.